The molecule has 3 nitrogen and oxygen atoms in total. The Labute approximate surface area is 104 Å². The third-order valence-corrected chi connectivity index (χ3v) is 5.03. The van der Waals surface area contributed by atoms with Gasteiger partial charge in [0.05, 0.1) is 13.2 Å². The van der Waals surface area contributed by atoms with Crippen LogP contribution in [-0.2, 0) is 9.47 Å². The van der Waals surface area contributed by atoms with E-state index in [4.69, 9.17) is 9.47 Å². The highest BCUT2D eigenvalue weighted by molar-refractivity contribution is 4.95. The molecule has 1 saturated heterocycles. The minimum Gasteiger partial charge on any atom is -0.348 e. The summed E-state index contributed by atoms with van der Waals surface area (Å²) in [7, 11) is 0. The van der Waals surface area contributed by atoms with Crippen LogP contribution >= 0.6 is 0 Å². The number of rotatable bonds is 4. The fraction of sp³-hybridized carbons (Fsp3) is 1.00. The summed E-state index contributed by atoms with van der Waals surface area (Å²) < 4.78 is 11.5. The highest BCUT2D eigenvalue weighted by atomic mass is 16.7. The van der Waals surface area contributed by atoms with Crippen molar-refractivity contribution in [3.8, 4) is 0 Å². The maximum Gasteiger partial charge on any atom is 0.168 e. The van der Waals surface area contributed by atoms with E-state index in [1.807, 2.05) is 0 Å². The highest BCUT2D eigenvalue weighted by Gasteiger charge is 2.43. The molecule has 1 heterocycles. The molecule has 3 heteroatoms. The van der Waals surface area contributed by atoms with E-state index in [9.17, 15) is 0 Å². The fourth-order valence-electron chi connectivity index (χ4n) is 3.24. The maximum atomic E-state index is 5.76. The van der Waals surface area contributed by atoms with Crippen molar-refractivity contribution in [1.82, 2.24) is 5.32 Å². The first-order chi connectivity index (χ1) is 8.26. The molecule has 2 saturated carbocycles. The van der Waals surface area contributed by atoms with Crippen LogP contribution < -0.4 is 5.32 Å². The monoisotopic (exact) mass is 239 g/mol. The van der Waals surface area contributed by atoms with Crippen molar-refractivity contribution in [3.63, 3.8) is 0 Å². The van der Waals surface area contributed by atoms with Crippen LogP contribution in [0.5, 0.6) is 0 Å². The quantitative estimate of drug-likeness (QED) is 0.817. The summed E-state index contributed by atoms with van der Waals surface area (Å²) in [5, 5.41) is 3.77. The summed E-state index contributed by atoms with van der Waals surface area (Å²) in [5.74, 6) is -0.194. The van der Waals surface area contributed by atoms with Gasteiger partial charge in [-0.25, -0.2) is 0 Å². The van der Waals surface area contributed by atoms with Crippen LogP contribution in [0.15, 0.2) is 0 Å². The molecule has 0 aromatic rings. The highest BCUT2D eigenvalue weighted by Crippen LogP contribution is 2.48. The van der Waals surface area contributed by atoms with Gasteiger partial charge in [-0.3, -0.25) is 0 Å². The lowest BCUT2D eigenvalue weighted by molar-refractivity contribution is -0.179. The molecule has 1 aliphatic heterocycles. The molecule has 1 spiro atoms. The molecule has 3 fully saturated rings. The van der Waals surface area contributed by atoms with Crippen LogP contribution in [-0.4, -0.2) is 31.6 Å². The maximum absolute atomic E-state index is 5.76. The molecule has 3 aliphatic rings. The first kappa shape index (κ1) is 11.9. The Kier molecular flexibility index (Phi) is 3.18. The first-order valence-corrected chi connectivity index (χ1v) is 7.27. The summed E-state index contributed by atoms with van der Waals surface area (Å²) in [4.78, 5) is 0. The summed E-state index contributed by atoms with van der Waals surface area (Å²) in [6.45, 7) is 5.13. The molecule has 0 radical (unpaired) electrons. The van der Waals surface area contributed by atoms with Gasteiger partial charge in [-0.05, 0) is 37.5 Å². The smallest absolute Gasteiger partial charge is 0.168 e. The van der Waals surface area contributed by atoms with Crippen molar-refractivity contribution in [2.75, 3.05) is 19.8 Å². The van der Waals surface area contributed by atoms with Gasteiger partial charge >= 0.3 is 0 Å². The van der Waals surface area contributed by atoms with Crippen molar-refractivity contribution in [2.24, 2.45) is 5.41 Å². The Bertz CT molecular complexity index is 259. The molecule has 1 N–H and O–H groups in total. The lowest BCUT2D eigenvalue weighted by Gasteiger charge is -2.36. The first-order valence-electron chi connectivity index (χ1n) is 7.27. The Morgan fingerprint density at radius 1 is 1.06 bits per heavy atom. The average Bonchev–Trinajstić information content (AvgIpc) is 3.03. The van der Waals surface area contributed by atoms with Gasteiger partial charge in [0, 0.05) is 25.4 Å². The summed E-state index contributed by atoms with van der Waals surface area (Å²) >= 11 is 0. The molecular formula is C14H25NO2. The fourth-order valence-corrected chi connectivity index (χ4v) is 3.24. The zero-order chi connectivity index (χ0) is 11.8. The third-order valence-electron chi connectivity index (χ3n) is 5.03. The van der Waals surface area contributed by atoms with E-state index in [2.05, 4.69) is 12.2 Å². The minimum absolute atomic E-state index is 0.194. The van der Waals surface area contributed by atoms with Crippen molar-refractivity contribution in [3.05, 3.63) is 0 Å². The van der Waals surface area contributed by atoms with Crippen molar-refractivity contribution >= 4 is 0 Å². The lowest BCUT2D eigenvalue weighted by atomic mass is 9.89. The van der Waals surface area contributed by atoms with Crippen LogP contribution in [0.1, 0.15) is 51.9 Å². The predicted molar refractivity (Wildman–Crippen MR) is 66.9 cm³/mol. The van der Waals surface area contributed by atoms with Gasteiger partial charge < -0.3 is 14.8 Å². The number of nitrogens with one attached hydrogen (secondary N) is 1. The summed E-state index contributed by atoms with van der Waals surface area (Å²) in [6, 6.07) is 0.692. The van der Waals surface area contributed by atoms with Gasteiger partial charge in [0.1, 0.15) is 0 Å². The Balaban J connectivity index is 1.42. The Morgan fingerprint density at radius 3 is 2.24 bits per heavy atom. The van der Waals surface area contributed by atoms with Crippen LogP contribution in [0, 0.1) is 5.41 Å². The summed E-state index contributed by atoms with van der Waals surface area (Å²) in [6.07, 6.45) is 8.76. The van der Waals surface area contributed by atoms with Gasteiger partial charge in [0.15, 0.2) is 5.79 Å². The van der Waals surface area contributed by atoms with Gasteiger partial charge in [-0.2, -0.15) is 0 Å². The predicted octanol–water partition coefficient (Wildman–Crippen LogP) is 2.45. The number of ether oxygens (including phenoxy) is 2. The second-order valence-corrected chi connectivity index (χ2v) is 6.12. The molecule has 3 rings (SSSR count). The zero-order valence-electron chi connectivity index (χ0n) is 11.0. The van der Waals surface area contributed by atoms with Crippen LogP contribution in [0.3, 0.4) is 0 Å². The van der Waals surface area contributed by atoms with Gasteiger partial charge in [0.2, 0.25) is 0 Å². The molecule has 0 atom stereocenters. The van der Waals surface area contributed by atoms with E-state index in [0.29, 0.717) is 11.5 Å². The number of hydrogen-bond acceptors (Lipinski definition) is 3. The van der Waals surface area contributed by atoms with Crippen LogP contribution in [0.4, 0.5) is 0 Å². The second kappa shape index (κ2) is 4.52. The van der Waals surface area contributed by atoms with Crippen LogP contribution in [0.25, 0.3) is 0 Å². The van der Waals surface area contributed by atoms with Gasteiger partial charge in [-0.15, -0.1) is 0 Å². The minimum atomic E-state index is -0.194. The molecule has 0 unspecified atom stereocenters. The largest absolute Gasteiger partial charge is 0.348 e. The van der Waals surface area contributed by atoms with Crippen molar-refractivity contribution in [1.29, 1.82) is 0 Å². The van der Waals surface area contributed by atoms with Crippen molar-refractivity contribution < 1.29 is 9.47 Å². The molecule has 2 aliphatic carbocycles. The SMILES string of the molecule is CCC1(CNC2CCC3(CC2)OCCO3)CC1. The molecule has 17 heavy (non-hydrogen) atoms. The van der Waals surface area contributed by atoms with E-state index < -0.39 is 0 Å². The van der Waals surface area contributed by atoms with E-state index >= 15 is 0 Å². The zero-order valence-corrected chi connectivity index (χ0v) is 11.0. The standard InChI is InChI=1S/C14H25NO2/c1-2-13(7-8-13)11-15-12-3-5-14(6-4-12)16-9-10-17-14/h12,15H,2-11H2,1H3. The number of hydrogen-bond donors (Lipinski definition) is 1. The molecular weight excluding hydrogens is 214 g/mol. The second-order valence-electron chi connectivity index (χ2n) is 6.12. The van der Waals surface area contributed by atoms with Crippen molar-refractivity contribution in [2.45, 2.75) is 63.7 Å². The molecule has 0 bridgehead atoms. The molecule has 0 aromatic heterocycles. The Morgan fingerprint density at radius 2 is 1.71 bits per heavy atom. The van der Waals surface area contributed by atoms with E-state index in [-0.39, 0.29) is 5.79 Å². The van der Waals surface area contributed by atoms with Crippen LogP contribution in [0.2, 0.25) is 0 Å². The normalized spacial score (nSPS) is 30.9. The molecule has 98 valence electrons. The van der Waals surface area contributed by atoms with E-state index in [1.54, 1.807) is 0 Å². The molecule has 0 aromatic carbocycles. The Hall–Kier alpha value is -0.120. The summed E-state index contributed by atoms with van der Waals surface area (Å²) in [5.41, 5.74) is 0.662. The average molecular weight is 239 g/mol. The third kappa shape index (κ3) is 2.51. The van der Waals surface area contributed by atoms with E-state index in [0.717, 1.165) is 26.1 Å². The van der Waals surface area contributed by atoms with Gasteiger partial charge in [-0.1, -0.05) is 6.92 Å². The molecule has 0 amide bonds. The van der Waals surface area contributed by atoms with E-state index in [1.165, 1.54) is 38.6 Å². The lowest BCUT2D eigenvalue weighted by Crippen LogP contribution is -2.43. The van der Waals surface area contributed by atoms with Gasteiger partial charge in [0.25, 0.3) is 0 Å². The topological polar surface area (TPSA) is 30.5 Å².